The fraction of sp³-hybridized carbons (Fsp3) is 1.00. The maximum Gasteiger partial charge on any atom is 0.0594 e. The highest BCUT2D eigenvalue weighted by molar-refractivity contribution is 4.86. The summed E-state index contributed by atoms with van der Waals surface area (Å²) in [5.74, 6) is 0. The van der Waals surface area contributed by atoms with Crippen LogP contribution in [0.25, 0.3) is 0 Å². The van der Waals surface area contributed by atoms with Crippen LogP contribution in [0.1, 0.15) is 58.8 Å². The topological polar surface area (TPSA) is 24.5 Å². The average Bonchev–Trinajstić information content (AvgIpc) is 2.38. The van der Waals surface area contributed by atoms with E-state index in [1.807, 2.05) is 0 Å². The molecule has 0 bridgehead atoms. The number of ether oxygens (including phenoxy) is 1. The van der Waals surface area contributed by atoms with E-state index in [4.69, 9.17) is 4.74 Å². The minimum Gasteiger partial charge on any atom is -0.379 e. The molecule has 1 heterocycles. The van der Waals surface area contributed by atoms with Gasteiger partial charge in [0, 0.05) is 31.2 Å². The van der Waals surface area contributed by atoms with Crippen LogP contribution in [-0.2, 0) is 4.74 Å². The Labute approximate surface area is 119 Å². The smallest absolute Gasteiger partial charge is 0.0594 e. The molecule has 0 unspecified atom stereocenters. The van der Waals surface area contributed by atoms with E-state index in [2.05, 4.69) is 24.1 Å². The van der Waals surface area contributed by atoms with E-state index in [0.29, 0.717) is 0 Å². The molecular formula is C16H32N2O. The van der Waals surface area contributed by atoms with Gasteiger partial charge in [0.15, 0.2) is 0 Å². The van der Waals surface area contributed by atoms with Crippen molar-refractivity contribution in [3.05, 3.63) is 0 Å². The number of nitrogens with zero attached hydrogens (tertiary/aromatic N) is 1. The second kappa shape index (κ2) is 7.61. The van der Waals surface area contributed by atoms with Gasteiger partial charge in [0.1, 0.15) is 0 Å². The summed E-state index contributed by atoms with van der Waals surface area (Å²) in [4.78, 5) is 2.58. The van der Waals surface area contributed by atoms with Gasteiger partial charge in [-0.3, -0.25) is 4.90 Å². The quantitative estimate of drug-likeness (QED) is 0.848. The van der Waals surface area contributed by atoms with Gasteiger partial charge in [-0.25, -0.2) is 0 Å². The van der Waals surface area contributed by atoms with Gasteiger partial charge in [-0.15, -0.1) is 0 Å². The molecule has 0 aromatic carbocycles. The molecule has 3 heteroatoms. The molecule has 2 aliphatic rings. The Morgan fingerprint density at radius 3 is 2.21 bits per heavy atom. The molecule has 1 aliphatic carbocycles. The van der Waals surface area contributed by atoms with Gasteiger partial charge >= 0.3 is 0 Å². The fourth-order valence-electron chi connectivity index (χ4n) is 3.33. The molecule has 0 aromatic rings. The monoisotopic (exact) mass is 268 g/mol. The van der Waals surface area contributed by atoms with Gasteiger partial charge in [-0.2, -0.15) is 0 Å². The minimum absolute atomic E-state index is 0.256. The van der Waals surface area contributed by atoms with Gasteiger partial charge in [0.2, 0.25) is 0 Å². The first kappa shape index (κ1) is 15.3. The van der Waals surface area contributed by atoms with Crippen LogP contribution >= 0.6 is 0 Å². The number of hydrogen-bond acceptors (Lipinski definition) is 3. The largest absolute Gasteiger partial charge is 0.379 e. The standard InChI is InChI=1S/C16H32N2O/c1-16(2,18-10-12-19-13-11-18)14-17-15-8-6-4-3-5-7-9-15/h15,17H,3-14H2,1-2H3. The van der Waals surface area contributed by atoms with Crippen molar-refractivity contribution in [3.8, 4) is 0 Å². The second-order valence-electron chi connectivity index (χ2n) is 6.83. The predicted molar refractivity (Wildman–Crippen MR) is 80.6 cm³/mol. The van der Waals surface area contributed by atoms with Crippen molar-refractivity contribution in [1.29, 1.82) is 0 Å². The first-order valence-electron chi connectivity index (χ1n) is 8.25. The Morgan fingerprint density at radius 1 is 1.00 bits per heavy atom. The molecule has 0 radical (unpaired) electrons. The number of morpholine rings is 1. The third kappa shape index (κ3) is 5.05. The molecule has 1 aliphatic heterocycles. The van der Waals surface area contributed by atoms with E-state index in [0.717, 1.165) is 38.9 Å². The Hall–Kier alpha value is -0.120. The lowest BCUT2D eigenvalue weighted by molar-refractivity contribution is -0.0105. The van der Waals surface area contributed by atoms with Gasteiger partial charge < -0.3 is 10.1 Å². The summed E-state index contributed by atoms with van der Waals surface area (Å²) in [7, 11) is 0. The van der Waals surface area contributed by atoms with E-state index in [-0.39, 0.29) is 5.54 Å². The van der Waals surface area contributed by atoms with Crippen LogP contribution in [0.3, 0.4) is 0 Å². The zero-order valence-electron chi connectivity index (χ0n) is 12.9. The van der Waals surface area contributed by atoms with Crippen molar-refractivity contribution >= 4 is 0 Å². The summed E-state index contributed by atoms with van der Waals surface area (Å²) in [5.41, 5.74) is 0.256. The molecule has 112 valence electrons. The molecule has 1 saturated carbocycles. The van der Waals surface area contributed by atoms with Crippen LogP contribution in [0.15, 0.2) is 0 Å². The summed E-state index contributed by atoms with van der Waals surface area (Å²) in [6.45, 7) is 9.80. The third-order valence-corrected chi connectivity index (χ3v) is 4.80. The summed E-state index contributed by atoms with van der Waals surface area (Å²) in [6, 6.07) is 0.751. The fourth-order valence-corrected chi connectivity index (χ4v) is 3.33. The highest BCUT2D eigenvalue weighted by atomic mass is 16.5. The number of rotatable bonds is 4. The van der Waals surface area contributed by atoms with Gasteiger partial charge in [0.25, 0.3) is 0 Å². The molecule has 1 saturated heterocycles. The van der Waals surface area contributed by atoms with Crippen molar-refractivity contribution in [2.75, 3.05) is 32.8 Å². The zero-order chi connectivity index (χ0) is 13.6. The lowest BCUT2D eigenvalue weighted by Crippen LogP contribution is -2.55. The van der Waals surface area contributed by atoms with E-state index in [9.17, 15) is 0 Å². The molecule has 1 N–H and O–H groups in total. The SMILES string of the molecule is CC(C)(CNC1CCCCCCC1)N1CCOCC1. The maximum absolute atomic E-state index is 5.46. The molecule has 2 rings (SSSR count). The van der Waals surface area contributed by atoms with Crippen LogP contribution in [0.2, 0.25) is 0 Å². The van der Waals surface area contributed by atoms with E-state index in [1.54, 1.807) is 0 Å². The van der Waals surface area contributed by atoms with Gasteiger partial charge in [-0.1, -0.05) is 32.1 Å². The first-order chi connectivity index (χ1) is 9.18. The van der Waals surface area contributed by atoms with Gasteiger partial charge in [-0.05, 0) is 26.7 Å². The summed E-state index contributed by atoms with van der Waals surface area (Å²) < 4.78 is 5.46. The first-order valence-corrected chi connectivity index (χ1v) is 8.25. The molecule has 3 nitrogen and oxygen atoms in total. The van der Waals surface area contributed by atoms with E-state index >= 15 is 0 Å². The van der Waals surface area contributed by atoms with Crippen LogP contribution in [0.5, 0.6) is 0 Å². The number of hydrogen-bond donors (Lipinski definition) is 1. The van der Waals surface area contributed by atoms with Crippen molar-refractivity contribution in [2.45, 2.75) is 70.4 Å². The minimum atomic E-state index is 0.256. The predicted octanol–water partition coefficient (Wildman–Crippen LogP) is 2.80. The molecule has 0 aromatic heterocycles. The summed E-state index contributed by atoms with van der Waals surface area (Å²) >= 11 is 0. The van der Waals surface area contributed by atoms with Crippen molar-refractivity contribution in [3.63, 3.8) is 0 Å². The Balaban J connectivity index is 1.75. The highest BCUT2D eigenvalue weighted by Gasteiger charge is 2.28. The lowest BCUT2D eigenvalue weighted by Gasteiger charge is -2.41. The number of nitrogens with one attached hydrogen (secondary N) is 1. The summed E-state index contributed by atoms with van der Waals surface area (Å²) in [5, 5.41) is 3.84. The Morgan fingerprint density at radius 2 is 1.58 bits per heavy atom. The van der Waals surface area contributed by atoms with E-state index < -0.39 is 0 Å². The van der Waals surface area contributed by atoms with Crippen molar-refractivity contribution in [1.82, 2.24) is 10.2 Å². The van der Waals surface area contributed by atoms with Crippen LogP contribution < -0.4 is 5.32 Å². The average molecular weight is 268 g/mol. The van der Waals surface area contributed by atoms with Crippen LogP contribution in [0, 0.1) is 0 Å². The zero-order valence-corrected chi connectivity index (χ0v) is 12.9. The van der Waals surface area contributed by atoms with Crippen molar-refractivity contribution in [2.24, 2.45) is 0 Å². The maximum atomic E-state index is 5.46. The summed E-state index contributed by atoms with van der Waals surface area (Å²) in [6.07, 6.45) is 9.89. The lowest BCUT2D eigenvalue weighted by atomic mass is 9.95. The van der Waals surface area contributed by atoms with Crippen LogP contribution in [-0.4, -0.2) is 49.3 Å². The molecule has 0 spiro atoms. The molecule has 0 amide bonds. The molecule has 0 atom stereocenters. The normalized spacial score (nSPS) is 24.9. The van der Waals surface area contributed by atoms with Crippen molar-refractivity contribution < 1.29 is 4.74 Å². The Kier molecular flexibility index (Phi) is 6.11. The molecular weight excluding hydrogens is 236 g/mol. The molecule has 19 heavy (non-hydrogen) atoms. The van der Waals surface area contributed by atoms with Crippen LogP contribution in [0.4, 0.5) is 0 Å². The third-order valence-electron chi connectivity index (χ3n) is 4.80. The second-order valence-corrected chi connectivity index (χ2v) is 6.83. The highest BCUT2D eigenvalue weighted by Crippen LogP contribution is 2.19. The molecule has 2 fully saturated rings. The van der Waals surface area contributed by atoms with Gasteiger partial charge in [0.05, 0.1) is 13.2 Å². The Bertz CT molecular complexity index is 241. The van der Waals surface area contributed by atoms with E-state index in [1.165, 1.54) is 44.9 Å².